The first-order valence-corrected chi connectivity index (χ1v) is 13.4. The van der Waals surface area contributed by atoms with Crippen LogP contribution in [0.4, 0.5) is 5.69 Å². The summed E-state index contributed by atoms with van der Waals surface area (Å²) in [5, 5.41) is 6.09. The van der Waals surface area contributed by atoms with E-state index in [1.807, 2.05) is 50.2 Å². The van der Waals surface area contributed by atoms with Crippen LogP contribution in [0.25, 0.3) is 33.1 Å². The Balaban J connectivity index is 1.46. The summed E-state index contributed by atoms with van der Waals surface area (Å²) in [5.41, 5.74) is 5.06. The minimum absolute atomic E-state index is 0.122. The van der Waals surface area contributed by atoms with Crippen molar-refractivity contribution in [1.29, 1.82) is 0 Å². The van der Waals surface area contributed by atoms with E-state index >= 15 is 0 Å². The number of hydrogen-bond donors (Lipinski definition) is 2. The molecule has 204 valence electrons. The molecule has 1 aliphatic rings. The van der Waals surface area contributed by atoms with Crippen LogP contribution in [0.1, 0.15) is 46.2 Å². The first kappa shape index (κ1) is 26.1. The number of nitrogens with zero attached hydrogens (tertiary/aromatic N) is 3. The van der Waals surface area contributed by atoms with Gasteiger partial charge in [-0.15, -0.1) is 0 Å². The second-order valence-corrected chi connectivity index (χ2v) is 10.3. The van der Waals surface area contributed by atoms with Gasteiger partial charge in [-0.2, -0.15) is 0 Å². The first-order valence-electron chi connectivity index (χ1n) is 13.4. The first-order chi connectivity index (χ1) is 19.7. The molecule has 1 aliphatic heterocycles. The monoisotopic (exact) mass is 545 g/mol. The second kappa shape index (κ2) is 10.1. The molecule has 2 N–H and O–H groups in total. The lowest BCUT2D eigenvalue weighted by atomic mass is 9.99. The summed E-state index contributed by atoms with van der Waals surface area (Å²) >= 11 is 0. The Hall–Kier alpha value is -5.18. The fourth-order valence-electron chi connectivity index (χ4n) is 5.55. The molecule has 0 saturated carbocycles. The molecular weight excluding hydrogens is 518 g/mol. The predicted octanol–water partition coefficient (Wildman–Crippen LogP) is 4.77. The number of benzene rings is 3. The van der Waals surface area contributed by atoms with Gasteiger partial charge in [-0.1, -0.05) is 48.0 Å². The number of pyridine rings is 1. The molecule has 5 aromatic rings. The van der Waals surface area contributed by atoms with E-state index in [0.717, 1.165) is 16.7 Å². The number of anilines is 1. The van der Waals surface area contributed by atoms with Crippen LogP contribution in [0.5, 0.6) is 0 Å². The van der Waals surface area contributed by atoms with Crippen molar-refractivity contribution in [2.24, 2.45) is 0 Å². The highest BCUT2D eigenvalue weighted by molar-refractivity contribution is 6.15. The molecule has 3 amide bonds. The van der Waals surface area contributed by atoms with Gasteiger partial charge in [0.05, 0.1) is 33.4 Å². The maximum atomic E-state index is 13.9. The van der Waals surface area contributed by atoms with Gasteiger partial charge in [-0.25, -0.2) is 9.97 Å². The number of carbonyl (C=O) groups is 3. The third kappa shape index (κ3) is 4.65. The third-order valence-corrected chi connectivity index (χ3v) is 7.49. The number of nitrogens with one attached hydrogen (secondary N) is 2. The summed E-state index contributed by atoms with van der Waals surface area (Å²) in [7, 11) is 0. The lowest BCUT2D eigenvalue weighted by molar-refractivity contribution is -0.135. The average molecular weight is 546 g/mol. The van der Waals surface area contributed by atoms with Crippen LogP contribution in [0.15, 0.2) is 71.5 Å². The normalized spacial score (nSPS) is 15.2. The fraction of sp³-hybridized carbons (Fsp3) is 0.188. The molecule has 1 saturated heterocycles. The van der Waals surface area contributed by atoms with Gasteiger partial charge in [0, 0.05) is 17.4 Å². The van der Waals surface area contributed by atoms with Crippen molar-refractivity contribution in [3.05, 3.63) is 99.6 Å². The molecule has 1 fully saturated rings. The molecule has 3 heterocycles. The Morgan fingerprint density at radius 3 is 2.49 bits per heavy atom. The number of amides is 3. The highest BCUT2D eigenvalue weighted by Gasteiger charge is 2.31. The van der Waals surface area contributed by atoms with E-state index in [1.165, 1.54) is 4.57 Å². The van der Waals surface area contributed by atoms with E-state index < -0.39 is 23.4 Å². The molecule has 0 spiro atoms. The maximum absolute atomic E-state index is 13.9. The third-order valence-electron chi connectivity index (χ3n) is 7.49. The summed E-state index contributed by atoms with van der Waals surface area (Å²) in [6, 6.07) is 19.5. The van der Waals surface area contributed by atoms with Crippen LogP contribution in [0.3, 0.4) is 0 Å². The van der Waals surface area contributed by atoms with Crippen molar-refractivity contribution in [2.45, 2.75) is 39.7 Å². The van der Waals surface area contributed by atoms with Gasteiger partial charge in [0.2, 0.25) is 11.8 Å². The molecule has 1 unspecified atom stereocenters. The van der Waals surface area contributed by atoms with Gasteiger partial charge in [-0.05, 0) is 57.0 Å². The van der Waals surface area contributed by atoms with Crippen LogP contribution < -0.4 is 16.2 Å². The van der Waals surface area contributed by atoms with Gasteiger partial charge >= 0.3 is 0 Å². The summed E-state index contributed by atoms with van der Waals surface area (Å²) in [6.07, 6.45) is 0.313. The van der Waals surface area contributed by atoms with Gasteiger partial charge in [-0.3, -0.25) is 29.1 Å². The maximum Gasteiger partial charge on any atom is 0.264 e. The molecule has 1 atom stereocenters. The Kier molecular flexibility index (Phi) is 6.42. The molecular formula is C32H27N5O4. The highest BCUT2D eigenvalue weighted by atomic mass is 16.2. The number of imide groups is 1. The van der Waals surface area contributed by atoms with Crippen molar-refractivity contribution in [1.82, 2.24) is 19.9 Å². The zero-order valence-corrected chi connectivity index (χ0v) is 22.8. The molecule has 0 aliphatic carbocycles. The number of rotatable bonds is 4. The minimum Gasteiger partial charge on any atom is -0.321 e. The van der Waals surface area contributed by atoms with Crippen molar-refractivity contribution in [3.63, 3.8) is 0 Å². The van der Waals surface area contributed by atoms with E-state index in [2.05, 4.69) is 21.7 Å². The summed E-state index contributed by atoms with van der Waals surface area (Å²) in [4.78, 5) is 61.4. The van der Waals surface area contributed by atoms with Crippen LogP contribution in [-0.4, -0.2) is 32.3 Å². The Bertz CT molecular complexity index is 1980. The molecule has 41 heavy (non-hydrogen) atoms. The number of hydrogen-bond acceptors (Lipinski definition) is 6. The number of piperidine rings is 1. The highest BCUT2D eigenvalue weighted by Crippen LogP contribution is 2.29. The predicted molar refractivity (Wildman–Crippen MR) is 157 cm³/mol. The van der Waals surface area contributed by atoms with Gasteiger partial charge in [0.1, 0.15) is 11.9 Å². The SMILES string of the molecule is Cc1ccc(-c2cc(C(=O)Nc3cccc4nc(C)n(C5CCC(=O)NC5=O)c(=O)c34)c3ccccc3n2)c(C)c1. The largest absolute Gasteiger partial charge is 0.321 e. The molecule has 3 aromatic carbocycles. The zero-order valence-electron chi connectivity index (χ0n) is 22.8. The lowest BCUT2D eigenvalue weighted by Gasteiger charge is -2.24. The fourth-order valence-corrected chi connectivity index (χ4v) is 5.55. The molecule has 9 nitrogen and oxygen atoms in total. The van der Waals surface area contributed by atoms with E-state index in [4.69, 9.17) is 4.98 Å². The van der Waals surface area contributed by atoms with Crippen LogP contribution >= 0.6 is 0 Å². The van der Waals surface area contributed by atoms with E-state index in [9.17, 15) is 19.2 Å². The standard InChI is InChI=1S/C32H27N5O4/c1-17-11-12-20(18(2)15-17)26-16-22(21-7-4-5-8-23(21)34-26)30(39)35-25-10-6-9-24-29(25)32(41)37(19(3)33-24)27-13-14-28(38)36-31(27)40/h4-12,15-16,27H,13-14H2,1-3H3,(H,35,39)(H,36,38,40). The lowest BCUT2D eigenvalue weighted by Crippen LogP contribution is -2.45. The van der Waals surface area contributed by atoms with Crippen molar-refractivity contribution in [3.8, 4) is 11.3 Å². The van der Waals surface area contributed by atoms with Crippen molar-refractivity contribution < 1.29 is 14.4 Å². The number of para-hydroxylation sites is 1. The molecule has 0 radical (unpaired) electrons. The zero-order chi connectivity index (χ0) is 28.8. The Morgan fingerprint density at radius 2 is 1.71 bits per heavy atom. The molecule has 9 heteroatoms. The number of fused-ring (bicyclic) bond motifs is 2. The summed E-state index contributed by atoms with van der Waals surface area (Å²) in [6.45, 7) is 5.68. The number of aromatic nitrogens is 3. The van der Waals surface area contributed by atoms with Crippen molar-refractivity contribution >= 4 is 45.2 Å². The number of carbonyl (C=O) groups excluding carboxylic acids is 3. The van der Waals surface area contributed by atoms with Gasteiger partial charge in [0.15, 0.2) is 0 Å². The Labute approximate surface area is 235 Å². The number of aryl methyl sites for hydroxylation is 3. The van der Waals surface area contributed by atoms with Gasteiger partial charge < -0.3 is 5.32 Å². The summed E-state index contributed by atoms with van der Waals surface area (Å²) < 4.78 is 1.31. The topological polar surface area (TPSA) is 123 Å². The minimum atomic E-state index is -0.870. The van der Waals surface area contributed by atoms with E-state index in [1.54, 1.807) is 31.2 Å². The van der Waals surface area contributed by atoms with Gasteiger partial charge in [0.25, 0.3) is 11.5 Å². The molecule has 0 bridgehead atoms. The van der Waals surface area contributed by atoms with Crippen LogP contribution in [0.2, 0.25) is 0 Å². The van der Waals surface area contributed by atoms with E-state index in [-0.39, 0.29) is 29.8 Å². The smallest absolute Gasteiger partial charge is 0.264 e. The quantitative estimate of drug-likeness (QED) is 0.314. The van der Waals surface area contributed by atoms with Crippen LogP contribution in [0, 0.1) is 20.8 Å². The van der Waals surface area contributed by atoms with Crippen molar-refractivity contribution in [2.75, 3.05) is 5.32 Å². The Morgan fingerprint density at radius 1 is 0.927 bits per heavy atom. The van der Waals surface area contributed by atoms with E-state index in [0.29, 0.717) is 33.5 Å². The van der Waals surface area contributed by atoms with Crippen LogP contribution in [-0.2, 0) is 9.59 Å². The molecule has 6 rings (SSSR count). The second-order valence-electron chi connectivity index (χ2n) is 10.3. The average Bonchev–Trinajstić information content (AvgIpc) is 2.93. The summed E-state index contributed by atoms with van der Waals surface area (Å²) in [5.74, 6) is -0.979. The molecule has 2 aromatic heterocycles.